The first kappa shape index (κ1) is 12.8. The zero-order valence-electron chi connectivity index (χ0n) is 9.88. The molecule has 0 aliphatic rings. The number of carbonyl (C=O) groups is 1. The number of rotatable bonds is 3. The van der Waals surface area contributed by atoms with Crippen LogP contribution in [0, 0.1) is 5.82 Å². The fourth-order valence-electron chi connectivity index (χ4n) is 1.56. The van der Waals surface area contributed by atoms with E-state index in [9.17, 15) is 19.4 Å². The molecule has 0 fully saturated rings. The Hall–Kier alpha value is -2.62. The molecule has 2 aromatic carbocycles. The highest BCUT2D eigenvalue weighted by molar-refractivity contribution is 6.08. The monoisotopic (exact) mass is 258 g/mol. The lowest BCUT2D eigenvalue weighted by Crippen LogP contribution is -1.94. The van der Waals surface area contributed by atoms with Crippen molar-refractivity contribution in [2.45, 2.75) is 0 Å². The molecule has 0 heterocycles. The summed E-state index contributed by atoms with van der Waals surface area (Å²) in [6, 6.07) is 9.35. The lowest BCUT2D eigenvalue weighted by molar-refractivity contribution is 0.104. The molecule has 19 heavy (non-hydrogen) atoms. The molecule has 0 aromatic heterocycles. The first-order valence-corrected chi connectivity index (χ1v) is 5.56. The molecular formula is C15H11FO3. The number of hydrogen-bond donors (Lipinski definition) is 2. The molecule has 2 rings (SSSR count). The van der Waals surface area contributed by atoms with Crippen LogP contribution < -0.4 is 0 Å². The Morgan fingerprint density at radius 3 is 2.42 bits per heavy atom. The second kappa shape index (κ2) is 5.35. The fraction of sp³-hybridized carbons (Fsp3) is 0. The zero-order chi connectivity index (χ0) is 13.8. The second-order valence-electron chi connectivity index (χ2n) is 3.95. The molecule has 0 aliphatic heterocycles. The van der Waals surface area contributed by atoms with Crippen molar-refractivity contribution in [2.75, 3.05) is 0 Å². The summed E-state index contributed by atoms with van der Waals surface area (Å²) in [4.78, 5) is 11.8. The van der Waals surface area contributed by atoms with Crippen LogP contribution in [0.25, 0.3) is 6.08 Å². The van der Waals surface area contributed by atoms with Crippen LogP contribution in [-0.2, 0) is 0 Å². The Bertz CT molecular complexity index is 630. The predicted molar refractivity (Wildman–Crippen MR) is 69.5 cm³/mol. The summed E-state index contributed by atoms with van der Waals surface area (Å²) >= 11 is 0. The Morgan fingerprint density at radius 2 is 1.74 bits per heavy atom. The molecular weight excluding hydrogens is 247 g/mol. The third kappa shape index (κ3) is 3.19. The summed E-state index contributed by atoms with van der Waals surface area (Å²) in [5.41, 5.74) is 0.674. The number of carbonyl (C=O) groups excluding carboxylic acids is 1. The van der Waals surface area contributed by atoms with Gasteiger partial charge in [-0.25, -0.2) is 4.39 Å². The third-order valence-electron chi connectivity index (χ3n) is 2.54. The summed E-state index contributed by atoms with van der Waals surface area (Å²) < 4.78 is 12.7. The predicted octanol–water partition coefficient (Wildman–Crippen LogP) is 3.13. The number of benzene rings is 2. The number of phenolic OH excluding ortho intramolecular Hbond substituents is 2. The average Bonchev–Trinajstić information content (AvgIpc) is 2.40. The van der Waals surface area contributed by atoms with Crippen molar-refractivity contribution in [3.8, 4) is 11.5 Å². The maximum atomic E-state index is 12.7. The Kier molecular flexibility index (Phi) is 3.61. The van der Waals surface area contributed by atoms with E-state index in [0.29, 0.717) is 5.56 Å². The molecule has 0 bridgehead atoms. The van der Waals surface area contributed by atoms with Gasteiger partial charge in [0.15, 0.2) is 5.78 Å². The van der Waals surface area contributed by atoms with Gasteiger partial charge in [-0.15, -0.1) is 0 Å². The van der Waals surface area contributed by atoms with E-state index in [1.54, 1.807) is 0 Å². The van der Waals surface area contributed by atoms with Gasteiger partial charge in [-0.2, -0.15) is 0 Å². The van der Waals surface area contributed by atoms with E-state index in [-0.39, 0.29) is 22.9 Å². The van der Waals surface area contributed by atoms with Crippen molar-refractivity contribution in [3.63, 3.8) is 0 Å². The number of ketones is 1. The second-order valence-corrected chi connectivity index (χ2v) is 3.95. The van der Waals surface area contributed by atoms with Gasteiger partial charge in [0, 0.05) is 0 Å². The fourth-order valence-corrected chi connectivity index (χ4v) is 1.56. The summed E-state index contributed by atoms with van der Waals surface area (Å²) in [7, 11) is 0. The highest BCUT2D eigenvalue weighted by Crippen LogP contribution is 2.23. The lowest BCUT2D eigenvalue weighted by atomic mass is 10.1. The smallest absolute Gasteiger partial charge is 0.189 e. The van der Waals surface area contributed by atoms with E-state index in [1.165, 1.54) is 54.6 Å². The normalized spacial score (nSPS) is 10.8. The minimum Gasteiger partial charge on any atom is -0.508 e. The molecule has 4 heteroatoms. The SMILES string of the molecule is O=C(C=Cc1ccc(F)cc1)c1cc(O)ccc1O. The molecule has 0 amide bonds. The van der Waals surface area contributed by atoms with Gasteiger partial charge in [-0.3, -0.25) is 4.79 Å². The molecule has 0 saturated heterocycles. The lowest BCUT2D eigenvalue weighted by Gasteiger charge is -2.01. The van der Waals surface area contributed by atoms with E-state index in [2.05, 4.69) is 0 Å². The van der Waals surface area contributed by atoms with Crippen LogP contribution in [-0.4, -0.2) is 16.0 Å². The van der Waals surface area contributed by atoms with Crippen molar-refractivity contribution in [1.29, 1.82) is 0 Å². The van der Waals surface area contributed by atoms with Crippen LogP contribution in [0.2, 0.25) is 0 Å². The van der Waals surface area contributed by atoms with Gasteiger partial charge in [0.1, 0.15) is 17.3 Å². The van der Waals surface area contributed by atoms with E-state index in [1.807, 2.05) is 0 Å². The number of halogens is 1. The van der Waals surface area contributed by atoms with E-state index in [4.69, 9.17) is 0 Å². The highest BCUT2D eigenvalue weighted by Gasteiger charge is 2.08. The van der Waals surface area contributed by atoms with E-state index >= 15 is 0 Å². The van der Waals surface area contributed by atoms with Gasteiger partial charge in [-0.05, 0) is 42.0 Å². The topological polar surface area (TPSA) is 57.5 Å². The maximum absolute atomic E-state index is 12.7. The molecule has 0 radical (unpaired) electrons. The van der Waals surface area contributed by atoms with Crippen LogP contribution in [0.3, 0.4) is 0 Å². The summed E-state index contributed by atoms with van der Waals surface area (Å²) in [6.07, 6.45) is 2.76. The van der Waals surface area contributed by atoms with E-state index in [0.717, 1.165) is 0 Å². The van der Waals surface area contributed by atoms with Gasteiger partial charge < -0.3 is 10.2 Å². The maximum Gasteiger partial charge on any atom is 0.189 e. The van der Waals surface area contributed by atoms with Gasteiger partial charge in [0.05, 0.1) is 5.56 Å². The Balaban J connectivity index is 2.21. The van der Waals surface area contributed by atoms with Crippen molar-refractivity contribution in [1.82, 2.24) is 0 Å². The van der Waals surface area contributed by atoms with Crippen molar-refractivity contribution >= 4 is 11.9 Å². The zero-order valence-corrected chi connectivity index (χ0v) is 9.88. The first-order chi connectivity index (χ1) is 9.06. The minimum absolute atomic E-state index is 0.0124. The van der Waals surface area contributed by atoms with Gasteiger partial charge in [0.25, 0.3) is 0 Å². The molecule has 2 aromatic rings. The molecule has 3 nitrogen and oxygen atoms in total. The Labute approximate surface area is 109 Å². The van der Waals surface area contributed by atoms with Crippen molar-refractivity contribution < 1.29 is 19.4 Å². The number of hydrogen-bond acceptors (Lipinski definition) is 3. The molecule has 0 spiro atoms. The van der Waals surface area contributed by atoms with Gasteiger partial charge in [-0.1, -0.05) is 18.2 Å². The standard InChI is InChI=1S/C15H11FO3/c16-11-4-1-10(2-5-11)3-7-14(18)13-9-12(17)6-8-15(13)19/h1-9,17,19H. The molecule has 2 N–H and O–H groups in total. The van der Waals surface area contributed by atoms with Gasteiger partial charge >= 0.3 is 0 Å². The highest BCUT2D eigenvalue weighted by atomic mass is 19.1. The van der Waals surface area contributed by atoms with Crippen LogP contribution in [0.1, 0.15) is 15.9 Å². The van der Waals surface area contributed by atoms with Crippen LogP contribution >= 0.6 is 0 Å². The molecule has 96 valence electrons. The summed E-state index contributed by atoms with van der Waals surface area (Å²) in [6.45, 7) is 0. The van der Waals surface area contributed by atoms with Crippen LogP contribution in [0.15, 0.2) is 48.5 Å². The van der Waals surface area contributed by atoms with Crippen LogP contribution in [0.4, 0.5) is 4.39 Å². The Morgan fingerprint density at radius 1 is 1.05 bits per heavy atom. The summed E-state index contributed by atoms with van der Waals surface area (Å²) in [5.74, 6) is -1.10. The molecule has 0 saturated carbocycles. The first-order valence-electron chi connectivity index (χ1n) is 5.56. The summed E-state index contributed by atoms with van der Waals surface area (Å²) in [5, 5.41) is 18.8. The number of aromatic hydroxyl groups is 2. The molecule has 0 aliphatic carbocycles. The van der Waals surface area contributed by atoms with Gasteiger partial charge in [0.2, 0.25) is 0 Å². The van der Waals surface area contributed by atoms with Crippen LogP contribution in [0.5, 0.6) is 11.5 Å². The van der Waals surface area contributed by atoms with E-state index < -0.39 is 5.78 Å². The third-order valence-corrected chi connectivity index (χ3v) is 2.54. The quantitative estimate of drug-likeness (QED) is 0.505. The van der Waals surface area contributed by atoms with Crippen molar-refractivity contribution in [3.05, 3.63) is 65.5 Å². The number of allylic oxidation sites excluding steroid dienone is 1. The molecule has 0 unspecified atom stereocenters. The molecule has 0 atom stereocenters. The van der Waals surface area contributed by atoms with Crippen molar-refractivity contribution in [2.24, 2.45) is 0 Å². The average molecular weight is 258 g/mol. The largest absolute Gasteiger partial charge is 0.508 e. The number of phenols is 2. The minimum atomic E-state index is -0.447.